The zero-order valence-electron chi connectivity index (χ0n) is 11.9. The first kappa shape index (κ1) is 14.7. The number of carbonyl (C=O) groups is 1. The van der Waals surface area contributed by atoms with Crippen molar-refractivity contribution in [3.63, 3.8) is 0 Å². The molecule has 0 radical (unpaired) electrons. The van der Waals surface area contributed by atoms with Gasteiger partial charge in [-0.25, -0.2) is 4.79 Å². The fraction of sp³-hybridized carbons (Fsp3) is 0.235. The monoisotopic (exact) mass is 316 g/mol. The molecule has 0 fully saturated rings. The van der Waals surface area contributed by atoms with Crippen molar-refractivity contribution in [1.82, 2.24) is 0 Å². The second-order valence-corrected chi connectivity index (χ2v) is 8.53. The van der Waals surface area contributed by atoms with Gasteiger partial charge in [0.1, 0.15) is 6.61 Å². The summed E-state index contributed by atoms with van der Waals surface area (Å²) >= 11 is 0. The predicted octanol–water partition coefficient (Wildman–Crippen LogP) is 4.84. The van der Waals surface area contributed by atoms with E-state index in [0.29, 0.717) is 6.61 Å². The molecule has 1 aliphatic carbocycles. The SMILES string of the molecule is CC(P)PC(=O)OCC1c2ccccc2-c2ccccc21. The summed E-state index contributed by atoms with van der Waals surface area (Å²) in [4.78, 5) is 11.8. The van der Waals surface area contributed by atoms with E-state index in [1.165, 1.54) is 22.3 Å². The lowest BCUT2D eigenvalue weighted by Gasteiger charge is -2.14. The molecule has 0 saturated heterocycles. The van der Waals surface area contributed by atoms with Crippen molar-refractivity contribution >= 4 is 23.5 Å². The summed E-state index contributed by atoms with van der Waals surface area (Å²) in [5, 5.41) is 0.278. The maximum absolute atomic E-state index is 11.8. The third kappa shape index (κ3) is 3.03. The highest BCUT2D eigenvalue weighted by molar-refractivity contribution is 7.64. The molecule has 2 aromatic rings. The van der Waals surface area contributed by atoms with Crippen LogP contribution < -0.4 is 0 Å². The predicted molar refractivity (Wildman–Crippen MR) is 92.6 cm³/mol. The molecule has 0 N–H and O–H groups in total. The Balaban J connectivity index is 1.84. The van der Waals surface area contributed by atoms with Crippen LogP contribution in [0.2, 0.25) is 0 Å². The largest absolute Gasteiger partial charge is 0.462 e. The fourth-order valence-electron chi connectivity index (χ4n) is 2.83. The van der Waals surface area contributed by atoms with Crippen LogP contribution in [0.4, 0.5) is 4.79 Å². The third-order valence-electron chi connectivity index (χ3n) is 3.69. The normalized spacial score (nSPS) is 15.0. The minimum absolute atomic E-state index is 0.0978. The second kappa shape index (κ2) is 6.26. The number of rotatable bonds is 4. The fourth-order valence-corrected chi connectivity index (χ4v) is 3.77. The van der Waals surface area contributed by atoms with E-state index in [9.17, 15) is 4.79 Å². The molecular weight excluding hydrogens is 298 g/mol. The highest BCUT2D eigenvalue weighted by Gasteiger charge is 2.28. The summed E-state index contributed by atoms with van der Waals surface area (Å²) in [5.74, 6) is 0.158. The van der Waals surface area contributed by atoms with Crippen LogP contribution in [0, 0.1) is 0 Å². The number of hydrogen-bond donors (Lipinski definition) is 0. The first-order valence-electron chi connectivity index (χ1n) is 7.04. The van der Waals surface area contributed by atoms with Gasteiger partial charge in [0.15, 0.2) is 0 Å². The van der Waals surface area contributed by atoms with Crippen molar-refractivity contribution in [2.45, 2.75) is 18.2 Å². The summed E-state index contributed by atoms with van der Waals surface area (Å²) in [6.07, 6.45) is 0. The van der Waals surface area contributed by atoms with Crippen LogP contribution in [0.15, 0.2) is 48.5 Å². The Morgan fingerprint density at radius 2 is 1.67 bits per heavy atom. The molecule has 3 unspecified atom stereocenters. The van der Waals surface area contributed by atoms with Crippen LogP contribution in [-0.4, -0.2) is 17.7 Å². The van der Waals surface area contributed by atoms with E-state index >= 15 is 0 Å². The molecule has 1 aliphatic rings. The molecule has 3 atom stereocenters. The van der Waals surface area contributed by atoms with Gasteiger partial charge in [-0.2, -0.15) is 0 Å². The second-order valence-electron chi connectivity index (χ2n) is 5.26. The molecule has 2 aromatic carbocycles. The van der Waals surface area contributed by atoms with E-state index < -0.39 is 0 Å². The van der Waals surface area contributed by atoms with Gasteiger partial charge in [-0.15, -0.1) is 9.24 Å². The van der Waals surface area contributed by atoms with E-state index in [2.05, 4.69) is 45.6 Å². The van der Waals surface area contributed by atoms with E-state index in [1.54, 1.807) is 0 Å². The van der Waals surface area contributed by atoms with Gasteiger partial charge in [-0.05, 0) is 27.7 Å². The Kier molecular flexibility index (Phi) is 4.38. The molecule has 3 rings (SSSR count). The lowest BCUT2D eigenvalue weighted by molar-refractivity contribution is 0.171. The maximum Gasteiger partial charge on any atom is 0.323 e. The molecule has 0 heterocycles. The standard InChI is InChI=1S/C17H18O2P2/c1-11(20)21-17(18)19-10-16-14-8-4-2-6-12(14)13-7-3-5-9-15(13)16/h2-9,11,16,21H,10,20H2,1H3. The highest BCUT2D eigenvalue weighted by Crippen LogP contribution is 2.44. The number of benzene rings is 2. The molecule has 0 bridgehead atoms. The lowest BCUT2D eigenvalue weighted by atomic mass is 9.98. The third-order valence-corrected chi connectivity index (χ3v) is 5.02. The van der Waals surface area contributed by atoms with Crippen LogP contribution >= 0.6 is 17.8 Å². The Morgan fingerprint density at radius 1 is 1.14 bits per heavy atom. The van der Waals surface area contributed by atoms with Gasteiger partial charge in [0.25, 0.3) is 0 Å². The van der Waals surface area contributed by atoms with Crippen molar-refractivity contribution in [3.8, 4) is 11.1 Å². The van der Waals surface area contributed by atoms with Crippen LogP contribution in [0.5, 0.6) is 0 Å². The topological polar surface area (TPSA) is 26.3 Å². The highest BCUT2D eigenvalue weighted by atomic mass is 31.1. The first-order valence-corrected chi connectivity index (χ1v) is 8.78. The molecule has 0 spiro atoms. The molecule has 0 saturated carbocycles. The summed E-state index contributed by atoms with van der Waals surface area (Å²) in [6.45, 7) is 2.43. The van der Waals surface area contributed by atoms with Gasteiger partial charge in [-0.1, -0.05) is 55.5 Å². The Labute approximate surface area is 129 Å². The molecule has 0 aliphatic heterocycles. The summed E-state index contributed by atoms with van der Waals surface area (Å²) < 4.78 is 5.51. The minimum atomic E-state index is -0.0978. The van der Waals surface area contributed by atoms with E-state index in [0.717, 1.165) is 0 Å². The van der Waals surface area contributed by atoms with Gasteiger partial charge in [0.05, 0.1) is 0 Å². The molecule has 0 aromatic heterocycles. The first-order chi connectivity index (χ1) is 10.2. The quantitative estimate of drug-likeness (QED) is 0.755. The van der Waals surface area contributed by atoms with Crippen LogP contribution in [-0.2, 0) is 4.74 Å². The molecule has 4 heteroatoms. The van der Waals surface area contributed by atoms with Gasteiger partial charge in [0.2, 0.25) is 0 Å². The summed E-state index contributed by atoms with van der Waals surface area (Å²) in [6, 6.07) is 16.8. The molecule has 0 amide bonds. The van der Waals surface area contributed by atoms with Gasteiger partial charge in [-0.3, -0.25) is 0 Å². The number of ether oxygens (including phenoxy) is 1. The molecule has 21 heavy (non-hydrogen) atoms. The van der Waals surface area contributed by atoms with Gasteiger partial charge >= 0.3 is 5.71 Å². The van der Waals surface area contributed by atoms with E-state index in [-0.39, 0.29) is 25.6 Å². The van der Waals surface area contributed by atoms with E-state index in [4.69, 9.17) is 4.74 Å². The zero-order valence-corrected chi connectivity index (χ0v) is 14.0. The van der Waals surface area contributed by atoms with Crippen molar-refractivity contribution in [2.24, 2.45) is 0 Å². The number of hydrogen-bond acceptors (Lipinski definition) is 2. The van der Waals surface area contributed by atoms with Crippen LogP contribution in [0.3, 0.4) is 0 Å². The van der Waals surface area contributed by atoms with E-state index in [1.807, 2.05) is 19.1 Å². The van der Waals surface area contributed by atoms with Gasteiger partial charge < -0.3 is 4.74 Å². The minimum Gasteiger partial charge on any atom is -0.462 e. The average Bonchev–Trinajstić information content (AvgIpc) is 2.79. The maximum atomic E-state index is 11.8. The number of carbonyl (C=O) groups excluding carboxylic acids is 1. The Hall–Kier alpha value is -1.23. The van der Waals surface area contributed by atoms with Crippen molar-refractivity contribution < 1.29 is 9.53 Å². The van der Waals surface area contributed by atoms with Crippen LogP contribution in [0.1, 0.15) is 24.0 Å². The van der Waals surface area contributed by atoms with Crippen LogP contribution in [0.25, 0.3) is 11.1 Å². The molecular formula is C17H18O2P2. The lowest BCUT2D eigenvalue weighted by Crippen LogP contribution is -2.09. The number of fused-ring (bicyclic) bond motifs is 3. The van der Waals surface area contributed by atoms with Crippen molar-refractivity contribution in [3.05, 3.63) is 59.7 Å². The van der Waals surface area contributed by atoms with Gasteiger partial charge in [0, 0.05) is 14.5 Å². The Morgan fingerprint density at radius 3 is 2.19 bits per heavy atom. The molecule has 108 valence electrons. The smallest absolute Gasteiger partial charge is 0.323 e. The Bertz CT molecular complexity index is 622. The summed E-state index contributed by atoms with van der Waals surface area (Å²) in [7, 11) is 2.83. The molecule has 2 nitrogen and oxygen atoms in total. The average molecular weight is 316 g/mol. The van der Waals surface area contributed by atoms with Crippen molar-refractivity contribution in [2.75, 3.05) is 6.61 Å². The zero-order chi connectivity index (χ0) is 14.8. The van der Waals surface area contributed by atoms with Crippen molar-refractivity contribution in [1.29, 1.82) is 0 Å². The summed E-state index contributed by atoms with van der Waals surface area (Å²) in [5.41, 5.74) is 4.94.